The fraction of sp³-hybridized carbons (Fsp3) is 0.387. The zero-order valence-corrected chi connectivity index (χ0v) is 25.0. The smallest absolute Gasteiger partial charge is 0.262 e. The number of aliphatic hydroxyl groups excluding tert-OH is 1. The van der Waals surface area contributed by atoms with E-state index < -0.39 is 16.1 Å². The highest BCUT2D eigenvalue weighted by Crippen LogP contribution is 2.36. The number of rotatable bonds is 10. The molecule has 9 nitrogen and oxygen atoms in total. The number of anilines is 1. The van der Waals surface area contributed by atoms with Crippen LogP contribution in [0, 0.1) is 12.8 Å². The molecule has 0 bridgehead atoms. The summed E-state index contributed by atoms with van der Waals surface area (Å²) in [5, 5.41) is 9.93. The number of fused-ring (bicyclic) bond motifs is 1. The van der Waals surface area contributed by atoms with Gasteiger partial charge < -0.3 is 19.5 Å². The largest absolute Gasteiger partial charge is 0.497 e. The molecular weight excluding hydrogens is 542 g/mol. The van der Waals surface area contributed by atoms with Crippen LogP contribution in [0.1, 0.15) is 35.3 Å². The molecular formula is C31H39N3O6S. The van der Waals surface area contributed by atoms with Gasteiger partial charge in [-0.3, -0.25) is 14.4 Å². The van der Waals surface area contributed by atoms with E-state index in [0.717, 1.165) is 16.9 Å². The normalized spacial score (nSPS) is 18.2. The second-order valence-corrected chi connectivity index (χ2v) is 12.5. The fourth-order valence-corrected chi connectivity index (χ4v) is 5.94. The Bertz CT molecular complexity index is 1440. The first-order chi connectivity index (χ1) is 19.5. The molecule has 3 aromatic rings. The number of benzene rings is 3. The summed E-state index contributed by atoms with van der Waals surface area (Å²) < 4.78 is 41.1. The van der Waals surface area contributed by atoms with Crippen molar-refractivity contribution in [3.63, 3.8) is 0 Å². The number of nitrogens with zero attached hydrogens (tertiary/aromatic N) is 2. The number of amides is 1. The molecule has 1 heterocycles. The topological polar surface area (TPSA) is 108 Å². The van der Waals surface area contributed by atoms with Crippen LogP contribution in [0.2, 0.25) is 0 Å². The Hall–Kier alpha value is -3.60. The molecule has 0 spiro atoms. The number of carbonyl (C=O) groups is 1. The Kier molecular flexibility index (Phi) is 9.57. The van der Waals surface area contributed by atoms with Crippen LogP contribution in [-0.4, -0.2) is 75.2 Å². The van der Waals surface area contributed by atoms with Crippen molar-refractivity contribution in [1.82, 2.24) is 9.80 Å². The lowest BCUT2D eigenvalue weighted by molar-refractivity contribution is 0.0344. The Morgan fingerprint density at radius 1 is 1.12 bits per heavy atom. The highest BCUT2D eigenvalue weighted by molar-refractivity contribution is 7.92. The first kappa shape index (κ1) is 30.4. The Morgan fingerprint density at radius 3 is 2.44 bits per heavy atom. The van der Waals surface area contributed by atoms with Crippen LogP contribution in [0.25, 0.3) is 0 Å². The van der Waals surface area contributed by atoms with Crippen LogP contribution >= 0.6 is 0 Å². The van der Waals surface area contributed by atoms with Crippen molar-refractivity contribution in [1.29, 1.82) is 0 Å². The number of para-hydroxylation sites is 1. The summed E-state index contributed by atoms with van der Waals surface area (Å²) in [7, 11) is -0.329. The van der Waals surface area contributed by atoms with Gasteiger partial charge in [-0.1, -0.05) is 42.8 Å². The van der Waals surface area contributed by atoms with E-state index in [1.807, 2.05) is 45.2 Å². The highest BCUT2D eigenvalue weighted by Gasteiger charge is 2.35. The molecule has 0 aliphatic carbocycles. The van der Waals surface area contributed by atoms with Crippen molar-refractivity contribution in [2.24, 2.45) is 5.92 Å². The van der Waals surface area contributed by atoms with Gasteiger partial charge in [-0.2, -0.15) is 0 Å². The summed E-state index contributed by atoms with van der Waals surface area (Å²) in [4.78, 5) is 17.6. The van der Waals surface area contributed by atoms with Gasteiger partial charge in [0.2, 0.25) is 0 Å². The number of nitrogens with one attached hydrogen (secondary N) is 1. The fourth-order valence-electron chi connectivity index (χ4n) is 4.88. The molecule has 2 N–H and O–H groups in total. The van der Waals surface area contributed by atoms with Gasteiger partial charge in [0.05, 0.1) is 35.9 Å². The number of carbonyl (C=O) groups excluding carboxylic acids is 1. The number of aryl methyl sites for hydroxylation is 1. The number of aliphatic hydroxyl groups is 1. The molecule has 1 amide bonds. The molecule has 0 aromatic heterocycles. The standard InChI is InChI=1S/C31H39N3O6S/c1-21-9-15-26(16-10-21)41(37,38)32-28-8-6-7-27-30(28)40-29(22(2)17-34(31(27)36)23(3)20-35)19-33(4)18-24-11-13-25(39-5)14-12-24/h6-16,22-23,29,32,35H,17-20H2,1-5H3/t22-,23-,29-/m0/s1. The molecule has 3 aromatic carbocycles. The summed E-state index contributed by atoms with van der Waals surface area (Å²) in [6.07, 6.45) is -0.386. The zero-order valence-electron chi connectivity index (χ0n) is 24.2. The highest BCUT2D eigenvalue weighted by atomic mass is 32.2. The Balaban J connectivity index is 1.68. The average Bonchev–Trinajstić information content (AvgIpc) is 2.95. The maximum atomic E-state index is 13.7. The minimum Gasteiger partial charge on any atom is -0.497 e. The van der Waals surface area contributed by atoms with E-state index in [-0.39, 0.29) is 46.4 Å². The first-order valence-corrected chi connectivity index (χ1v) is 15.1. The maximum absolute atomic E-state index is 13.7. The molecule has 0 unspecified atom stereocenters. The summed E-state index contributed by atoms with van der Waals surface area (Å²) in [5.74, 6) is 0.516. The number of ether oxygens (including phenoxy) is 2. The van der Waals surface area contributed by atoms with Crippen LogP contribution in [0.15, 0.2) is 71.6 Å². The SMILES string of the molecule is COc1ccc(CN(C)C[C@@H]2Oc3c(NS(=O)(=O)c4ccc(C)cc4)cccc3C(=O)N([C@@H](C)CO)C[C@@H]2C)cc1. The van der Waals surface area contributed by atoms with E-state index in [2.05, 4.69) is 9.62 Å². The van der Waals surface area contributed by atoms with Gasteiger partial charge in [0, 0.05) is 25.6 Å². The number of hydrogen-bond donors (Lipinski definition) is 2. The second-order valence-electron chi connectivity index (χ2n) is 10.8. The summed E-state index contributed by atoms with van der Waals surface area (Å²) in [5.41, 5.74) is 2.47. The quantitative estimate of drug-likeness (QED) is 0.370. The van der Waals surface area contributed by atoms with Gasteiger partial charge in [0.25, 0.3) is 15.9 Å². The van der Waals surface area contributed by atoms with E-state index >= 15 is 0 Å². The molecule has 4 rings (SSSR count). The third kappa shape index (κ3) is 7.19. The number of likely N-dealkylation sites (N-methyl/N-ethyl adjacent to an activating group) is 1. The van der Waals surface area contributed by atoms with Crippen molar-refractivity contribution >= 4 is 21.6 Å². The Morgan fingerprint density at radius 2 is 1.80 bits per heavy atom. The third-order valence-electron chi connectivity index (χ3n) is 7.37. The molecule has 10 heteroatoms. The van der Waals surface area contributed by atoms with E-state index in [1.54, 1.807) is 61.4 Å². The van der Waals surface area contributed by atoms with Crippen molar-refractivity contribution < 1.29 is 27.8 Å². The molecule has 1 aliphatic heterocycles. The van der Waals surface area contributed by atoms with Crippen molar-refractivity contribution in [2.45, 2.75) is 44.4 Å². The van der Waals surface area contributed by atoms with Crippen LogP contribution in [0.4, 0.5) is 5.69 Å². The number of sulfonamides is 1. The van der Waals surface area contributed by atoms with Gasteiger partial charge in [-0.05, 0) is 62.9 Å². The molecule has 1 aliphatic rings. The molecule has 41 heavy (non-hydrogen) atoms. The van der Waals surface area contributed by atoms with E-state index in [4.69, 9.17) is 9.47 Å². The zero-order chi connectivity index (χ0) is 29.7. The molecule has 220 valence electrons. The average molecular weight is 582 g/mol. The number of methoxy groups -OCH3 is 1. The van der Waals surface area contributed by atoms with Gasteiger partial charge in [0.15, 0.2) is 5.75 Å². The van der Waals surface area contributed by atoms with Crippen molar-refractivity contribution in [3.8, 4) is 11.5 Å². The monoisotopic (exact) mass is 581 g/mol. The maximum Gasteiger partial charge on any atom is 0.262 e. The predicted octanol–water partition coefficient (Wildman–Crippen LogP) is 4.16. The summed E-state index contributed by atoms with van der Waals surface area (Å²) in [6.45, 7) is 7.02. The summed E-state index contributed by atoms with van der Waals surface area (Å²) in [6, 6.07) is 18.8. The summed E-state index contributed by atoms with van der Waals surface area (Å²) >= 11 is 0. The van der Waals surface area contributed by atoms with E-state index in [1.165, 1.54) is 0 Å². The lowest BCUT2D eigenvalue weighted by Crippen LogP contribution is -2.49. The molecule has 0 saturated carbocycles. The molecule has 0 radical (unpaired) electrons. The lowest BCUT2D eigenvalue weighted by atomic mass is 9.99. The predicted molar refractivity (Wildman–Crippen MR) is 159 cm³/mol. The van der Waals surface area contributed by atoms with Crippen molar-refractivity contribution in [2.75, 3.05) is 38.6 Å². The Labute approximate surface area is 242 Å². The van der Waals surface area contributed by atoms with Crippen LogP contribution in [-0.2, 0) is 16.6 Å². The first-order valence-electron chi connectivity index (χ1n) is 13.6. The molecule has 3 atom stereocenters. The third-order valence-corrected chi connectivity index (χ3v) is 8.75. The van der Waals surface area contributed by atoms with Gasteiger partial charge in [-0.25, -0.2) is 8.42 Å². The van der Waals surface area contributed by atoms with E-state index in [9.17, 15) is 18.3 Å². The second kappa shape index (κ2) is 12.9. The lowest BCUT2D eigenvalue weighted by Gasteiger charge is -2.38. The molecule has 0 saturated heterocycles. The van der Waals surface area contributed by atoms with E-state index in [0.29, 0.717) is 19.6 Å². The van der Waals surface area contributed by atoms with Crippen LogP contribution in [0.3, 0.4) is 0 Å². The minimum absolute atomic E-state index is 0.109. The minimum atomic E-state index is -3.95. The van der Waals surface area contributed by atoms with Crippen molar-refractivity contribution in [3.05, 3.63) is 83.4 Å². The molecule has 0 fully saturated rings. The number of hydrogen-bond acceptors (Lipinski definition) is 7. The van der Waals surface area contributed by atoms with Gasteiger partial charge in [0.1, 0.15) is 11.9 Å². The van der Waals surface area contributed by atoms with Gasteiger partial charge in [-0.15, -0.1) is 0 Å². The van der Waals surface area contributed by atoms with Gasteiger partial charge >= 0.3 is 0 Å². The van der Waals surface area contributed by atoms with Crippen LogP contribution in [0.5, 0.6) is 11.5 Å². The van der Waals surface area contributed by atoms with Crippen LogP contribution < -0.4 is 14.2 Å².